The van der Waals surface area contributed by atoms with Gasteiger partial charge in [-0.05, 0) is 27.1 Å². The molecule has 6 N–H and O–H groups in total. The summed E-state index contributed by atoms with van der Waals surface area (Å²) in [4.78, 5) is 1.83. The summed E-state index contributed by atoms with van der Waals surface area (Å²) in [5.41, 5.74) is 10.5. The summed E-state index contributed by atoms with van der Waals surface area (Å²) < 4.78 is 13.9. The number of nitrogen functional groups attached to an aromatic ring is 2. The number of nitrogens with two attached hydrogens (primary N) is 2. The minimum absolute atomic E-state index is 0.0539. The number of hydrogen-bond acceptors (Lipinski definition) is 5. The molecule has 19 heavy (non-hydrogen) atoms. The number of aliphatic hydroxyl groups is 1. The van der Waals surface area contributed by atoms with Crippen LogP contribution in [-0.2, 0) is 0 Å². The molecule has 1 aromatic carbocycles. The molecule has 0 aromatic heterocycles. The fraction of sp³-hybridized carbons (Fsp3) is 0.500. The van der Waals surface area contributed by atoms with Crippen LogP contribution in [0.15, 0.2) is 6.07 Å². The molecule has 7 heteroatoms. The van der Waals surface area contributed by atoms with E-state index in [1.165, 1.54) is 6.07 Å². The summed E-state index contributed by atoms with van der Waals surface area (Å²) in [7, 11) is 3.67. The van der Waals surface area contributed by atoms with E-state index in [4.69, 9.17) is 23.1 Å². The minimum Gasteiger partial charge on any atom is -0.397 e. The third-order valence-electron chi connectivity index (χ3n) is 2.57. The summed E-state index contributed by atoms with van der Waals surface area (Å²) in [6, 6.07) is 1.38. The van der Waals surface area contributed by atoms with Crippen molar-refractivity contribution in [3.05, 3.63) is 16.9 Å². The molecule has 0 heterocycles. The summed E-state index contributed by atoms with van der Waals surface area (Å²) >= 11 is 5.72. The second-order valence-electron chi connectivity index (χ2n) is 5.15. The second-order valence-corrected chi connectivity index (χ2v) is 5.52. The molecule has 1 atom stereocenters. The topological polar surface area (TPSA) is 87.5 Å². The highest BCUT2D eigenvalue weighted by Gasteiger charge is 2.23. The van der Waals surface area contributed by atoms with Gasteiger partial charge in [-0.2, -0.15) is 0 Å². The lowest BCUT2D eigenvalue weighted by molar-refractivity contribution is 0.0459. The van der Waals surface area contributed by atoms with Gasteiger partial charge in [-0.3, -0.25) is 0 Å². The predicted molar refractivity (Wildman–Crippen MR) is 77.9 cm³/mol. The molecular weight excluding hydrogens is 271 g/mol. The van der Waals surface area contributed by atoms with Crippen LogP contribution in [0.25, 0.3) is 0 Å². The number of likely N-dealkylation sites (N-methyl/N-ethyl adjacent to an activating group) is 1. The lowest BCUT2D eigenvalue weighted by Gasteiger charge is -2.28. The number of nitrogens with zero attached hydrogens (tertiary/aromatic N) is 1. The lowest BCUT2D eigenvalue weighted by Crippen LogP contribution is -2.43. The van der Waals surface area contributed by atoms with E-state index in [9.17, 15) is 9.50 Å². The number of hydrogen-bond donors (Lipinski definition) is 4. The van der Waals surface area contributed by atoms with Crippen molar-refractivity contribution < 1.29 is 9.50 Å². The standard InChI is InChI=1S/C12H20ClFN4O/c1-12(19,6-18(2)3)5-17-11-8(16)4-7(15)9(13)10(11)14/h4,17,19H,5-6,15-16H2,1-3H3. The van der Waals surface area contributed by atoms with Crippen LogP contribution in [0.3, 0.4) is 0 Å². The zero-order chi connectivity index (χ0) is 14.8. The third-order valence-corrected chi connectivity index (χ3v) is 2.95. The van der Waals surface area contributed by atoms with E-state index in [1.54, 1.807) is 6.92 Å². The molecule has 108 valence electrons. The highest BCUT2D eigenvalue weighted by Crippen LogP contribution is 2.33. The van der Waals surface area contributed by atoms with Crippen molar-refractivity contribution in [2.45, 2.75) is 12.5 Å². The van der Waals surface area contributed by atoms with Gasteiger partial charge in [-0.15, -0.1) is 0 Å². The largest absolute Gasteiger partial charge is 0.397 e. The molecule has 0 aliphatic heterocycles. The highest BCUT2D eigenvalue weighted by atomic mass is 35.5. The summed E-state index contributed by atoms with van der Waals surface area (Å²) in [6.07, 6.45) is 0. The number of nitrogens with one attached hydrogen (secondary N) is 1. The number of rotatable bonds is 5. The molecule has 0 fully saturated rings. The Balaban J connectivity index is 2.87. The average molecular weight is 291 g/mol. The van der Waals surface area contributed by atoms with Crippen LogP contribution in [0.4, 0.5) is 21.5 Å². The first-order valence-electron chi connectivity index (χ1n) is 5.78. The van der Waals surface area contributed by atoms with Crippen molar-refractivity contribution in [3.8, 4) is 0 Å². The molecule has 0 saturated heterocycles. The summed E-state index contributed by atoms with van der Waals surface area (Å²) in [5, 5.41) is 12.7. The van der Waals surface area contributed by atoms with Crippen molar-refractivity contribution in [3.63, 3.8) is 0 Å². The van der Waals surface area contributed by atoms with Gasteiger partial charge in [-0.25, -0.2) is 4.39 Å². The molecule has 0 radical (unpaired) electrons. The Hall–Kier alpha value is -1.24. The van der Waals surface area contributed by atoms with Crippen molar-refractivity contribution in [1.29, 1.82) is 0 Å². The molecular formula is C12H20ClFN4O. The molecule has 0 spiro atoms. The molecule has 1 unspecified atom stereocenters. The fourth-order valence-electron chi connectivity index (χ4n) is 1.86. The summed E-state index contributed by atoms with van der Waals surface area (Å²) in [6.45, 7) is 2.20. The Morgan fingerprint density at radius 2 is 2.00 bits per heavy atom. The van der Waals surface area contributed by atoms with Gasteiger partial charge in [0.2, 0.25) is 0 Å². The predicted octanol–water partition coefficient (Wildman–Crippen LogP) is 1.37. The lowest BCUT2D eigenvalue weighted by atomic mass is 10.1. The van der Waals surface area contributed by atoms with Crippen molar-refractivity contribution in [2.24, 2.45) is 0 Å². The Morgan fingerprint density at radius 3 is 2.53 bits per heavy atom. The quantitative estimate of drug-likeness (QED) is 0.615. The smallest absolute Gasteiger partial charge is 0.169 e. The summed E-state index contributed by atoms with van der Waals surface area (Å²) in [5.74, 6) is -0.709. The van der Waals surface area contributed by atoms with E-state index in [-0.39, 0.29) is 28.6 Å². The van der Waals surface area contributed by atoms with Crippen LogP contribution in [0, 0.1) is 5.82 Å². The van der Waals surface area contributed by atoms with Crippen molar-refractivity contribution in [2.75, 3.05) is 44.0 Å². The van der Waals surface area contributed by atoms with Crippen LogP contribution < -0.4 is 16.8 Å². The molecule has 0 amide bonds. The molecule has 5 nitrogen and oxygen atoms in total. The van der Waals surface area contributed by atoms with Crippen molar-refractivity contribution >= 4 is 28.7 Å². The second kappa shape index (κ2) is 5.81. The Labute approximate surface area is 117 Å². The van der Waals surface area contributed by atoms with Gasteiger partial charge < -0.3 is 26.8 Å². The van der Waals surface area contributed by atoms with Gasteiger partial charge in [0.05, 0.1) is 22.7 Å². The zero-order valence-corrected chi connectivity index (χ0v) is 12.1. The maximum Gasteiger partial charge on any atom is 0.169 e. The monoisotopic (exact) mass is 290 g/mol. The normalized spacial score (nSPS) is 14.5. The van der Waals surface area contributed by atoms with E-state index in [1.807, 2.05) is 19.0 Å². The Kier molecular flexibility index (Phi) is 4.84. The van der Waals surface area contributed by atoms with Gasteiger partial charge in [0.25, 0.3) is 0 Å². The maximum absolute atomic E-state index is 13.9. The first-order chi connectivity index (χ1) is 8.64. The SMILES string of the molecule is CN(C)CC(C)(O)CNc1c(N)cc(N)c(Cl)c1F. The molecule has 0 saturated carbocycles. The number of halogens is 2. The van der Waals surface area contributed by atoms with Gasteiger partial charge in [0.1, 0.15) is 5.02 Å². The Morgan fingerprint density at radius 1 is 1.42 bits per heavy atom. The fourth-order valence-corrected chi connectivity index (χ4v) is 2.01. The van der Waals surface area contributed by atoms with Crippen LogP contribution in [-0.4, -0.2) is 42.8 Å². The molecule has 0 aliphatic rings. The minimum atomic E-state index is -1.03. The van der Waals surface area contributed by atoms with Gasteiger partial charge in [0.15, 0.2) is 5.82 Å². The average Bonchev–Trinajstić information content (AvgIpc) is 2.24. The molecule has 0 aliphatic carbocycles. The van der Waals surface area contributed by atoms with Gasteiger partial charge >= 0.3 is 0 Å². The van der Waals surface area contributed by atoms with E-state index < -0.39 is 11.4 Å². The van der Waals surface area contributed by atoms with E-state index in [0.29, 0.717) is 6.54 Å². The number of benzene rings is 1. The first-order valence-corrected chi connectivity index (χ1v) is 6.16. The van der Waals surface area contributed by atoms with Crippen LogP contribution in [0.2, 0.25) is 5.02 Å². The van der Waals surface area contributed by atoms with Crippen LogP contribution in [0.1, 0.15) is 6.92 Å². The number of anilines is 3. The van der Waals surface area contributed by atoms with Gasteiger partial charge in [0, 0.05) is 13.1 Å². The van der Waals surface area contributed by atoms with Crippen LogP contribution in [0.5, 0.6) is 0 Å². The van der Waals surface area contributed by atoms with Crippen LogP contribution >= 0.6 is 11.6 Å². The molecule has 1 aromatic rings. The highest BCUT2D eigenvalue weighted by molar-refractivity contribution is 6.33. The first kappa shape index (κ1) is 15.8. The van der Waals surface area contributed by atoms with E-state index in [2.05, 4.69) is 5.32 Å². The van der Waals surface area contributed by atoms with E-state index >= 15 is 0 Å². The molecule has 0 bridgehead atoms. The van der Waals surface area contributed by atoms with Crippen molar-refractivity contribution in [1.82, 2.24) is 4.90 Å². The van der Waals surface area contributed by atoms with Gasteiger partial charge in [-0.1, -0.05) is 11.6 Å². The van der Waals surface area contributed by atoms with E-state index in [0.717, 1.165) is 0 Å². The zero-order valence-electron chi connectivity index (χ0n) is 11.3. The maximum atomic E-state index is 13.9. The molecule has 1 rings (SSSR count). The Bertz CT molecular complexity index is 466. The third kappa shape index (κ3) is 4.12.